The van der Waals surface area contributed by atoms with Crippen molar-refractivity contribution in [2.24, 2.45) is 0 Å². The highest BCUT2D eigenvalue weighted by Gasteiger charge is 2.34. The molecule has 3 rings (SSSR count). The zero-order valence-electron chi connectivity index (χ0n) is 16.4. The van der Waals surface area contributed by atoms with Crippen molar-refractivity contribution in [3.63, 3.8) is 0 Å². The predicted molar refractivity (Wildman–Crippen MR) is 108 cm³/mol. The van der Waals surface area contributed by atoms with Crippen LogP contribution in [0.2, 0.25) is 0 Å². The highest BCUT2D eigenvalue weighted by Crippen LogP contribution is 2.34. The first-order valence-electron chi connectivity index (χ1n) is 9.19. The van der Waals surface area contributed by atoms with Gasteiger partial charge in [-0.2, -0.15) is 13.2 Å². The van der Waals surface area contributed by atoms with E-state index in [-0.39, 0.29) is 11.4 Å². The van der Waals surface area contributed by atoms with Gasteiger partial charge >= 0.3 is 6.18 Å². The van der Waals surface area contributed by atoms with Gasteiger partial charge in [0.15, 0.2) is 0 Å². The largest absolute Gasteiger partial charge is 0.416 e. The molecular formula is C21H17F4N3O3S. The minimum absolute atomic E-state index is 0.0195. The van der Waals surface area contributed by atoms with E-state index < -0.39 is 45.7 Å². The van der Waals surface area contributed by atoms with E-state index in [1.807, 2.05) is 0 Å². The number of nitrogens with one attached hydrogen (secondary N) is 1. The van der Waals surface area contributed by atoms with E-state index in [0.717, 1.165) is 0 Å². The van der Waals surface area contributed by atoms with Crippen LogP contribution in [-0.2, 0) is 27.5 Å². The van der Waals surface area contributed by atoms with Gasteiger partial charge in [0.1, 0.15) is 12.4 Å². The summed E-state index contributed by atoms with van der Waals surface area (Å²) in [5.74, 6) is -2.06. The zero-order valence-corrected chi connectivity index (χ0v) is 17.2. The molecule has 1 amide bonds. The summed E-state index contributed by atoms with van der Waals surface area (Å²) in [5.41, 5.74) is -1.47. The van der Waals surface area contributed by atoms with Gasteiger partial charge in [-0.15, -0.1) is 0 Å². The summed E-state index contributed by atoms with van der Waals surface area (Å²) < 4.78 is 80.7. The fourth-order valence-corrected chi connectivity index (χ4v) is 4.23. The van der Waals surface area contributed by atoms with Crippen molar-refractivity contribution in [1.82, 2.24) is 10.3 Å². The molecule has 11 heteroatoms. The molecule has 0 aliphatic carbocycles. The minimum atomic E-state index is -4.84. The Morgan fingerprint density at radius 1 is 1.00 bits per heavy atom. The first kappa shape index (κ1) is 23.2. The lowest BCUT2D eigenvalue weighted by Crippen LogP contribution is -2.41. The number of amides is 1. The molecule has 0 unspecified atom stereocenters. The zero-order chi connectivity index (χ0) is 23.4. The van der Waals surface area contributed by atoms with Gasteiger partial charge in [-0.25, -0.2) is 12.8 Å². The van der Waals surface area contributed by atoms with Gasteiger partial charge in [-0.3, -0.25) is 14.1 Å². The van der Waals surface area contributed by atoms with Crippen LogP contribution in [0.25, 0.3) is 0 Å². The smallest absolute Gasteiger partial charge is 0.350 e. The van der Waals surface area contributed by atoms with Crippen LogP contribution >= 0.6 is 0 Å². The first-order valence-corrected chi connectivity index (χ1v) is 10.6. The molecule has 3 aromatic rings. The summed E-state index contributed by atoms with van der Waals surface area (Å²) in [4.78, 5) is 16.0. The molecule has 1 aromatic heterocycles. The molecular weight excluding hydrogens is 450 g/mol. The molecule has 1 N–H and O–H groups in total. The Labute approximate surface area is 181 Å². The summed E-state index contributed by atoms with van der Waals surface area (Å²) in [5, 5.41) is 2.47. The number of benzene rings is 2. The Morgan fingerprint density at radius 2 is 1.66 bits per heavy atom. The van der Waals surface area contributed by atoms with E-state index in [1.165, 1.54) is 42.7 Å². The van der Waals surface area contributed by atoms with Gasteiger partial charge in [0.2, 0.25) is 5.91 Å². The lowest BCUT2D eigenvalue weighted by molar-refractivity contribution is -0.137. The Kier molecular flexibility index (Phi) is 6.78. The van der Waals surface area contributed by atoms with Gasteiger partial charge in [0, 0.05) is 18.9 Å². The summed E-state index contributed by atoms with van der Waals surface area (Å²) >= 11 is 0. The maximum absolute atomic E-state index is 14.5. The van der Waals surface area contributed by atoms with Crippen LogP contribution in [0, 0.1) is 5.82 Å². The molecule has 32 heavy (non-hydrogen) atoms. The molecule has 0 aliphatic rings. The number of alkyl halides is 3. The van der Waals surface area contributed by atoms with E-state index in [2.05, 4.69) is 10.3 Å². The third-order valence-electron chi connectivity index (χ3n) is 4.40. The quantitative estimate of drug-likeness (QED) is 0.537. The van der Waals surface area contributed by atoms with Crippen molar-refractivity contribution in [2.75, 3.05) is 10.8 Å². The Morgan fingerprint density at radius 3 is 2.28 bits per heavy atom. The highest BCUT2D eigenvalue weighted by molar-refractivity contribution is 7.92. The fraction of sp³-hybridized carbons (Fsp3) is 0.143. The number of aromatic nitrogens is 1. The van der Waals surface area contributed by atoms with Crippen molar-refractivity contribution >= 4 is 21.6 Å². The Bertz CT molecular complexity index is 1190. The number of anilines is 1. The molecule has 0 spiro atoms. The topological polar surface area (TPSA) is 79.4 Å². The minimum Gasteiger partial charge on any atom is -0.350 e. The standard InChI is InChI=1S/C21H17F4N3O3S/c22-18-7-6-16(21(23,24)25)12-19(18)28(32(30,31)17-4-2-1-3-5-17)14-20(29)27-13-15-8-10-26-11-9-15/h1-12H,13-14H2,(H,27,29). The Hall–Kier alpha value is -3.47. The van der Waals surface area contributed by atoms with Crippen LogP contribution in [0.4, 0.5) is 23.2 Å². The Balaban J connectivity index is 1.98. The van der Waals surface area contributed by atoms with Gasteiger partial charge in [-0.05, 0) is 48.0 Å². The average Bonchev–Trinajstić information content (AvgIpc) is 2.77. The fourth-order valence-electron chi connectivity index (χ4n) is 2.79. The summed E-state index contributed by atoms with van der Waals surface area (Å²) in [7, 11) is -4.56. The third kappa shape index (κ3) is 5.41. The van der Waals surface area contributed by atoms with E-state index in [9.17, 15) is 30.8 Å². The average molecular weight is 467 g/mol. The second kappa shape index (κ2) is 9.35. The number of pyridine rings is 1. The summed E-state index contributed by atoms with van der Waals surface area (Å²) in [6.45, 7) is -0.911. The molecule has 0 saturated carbocycles. The molecule has 0 aliphatic heterocycles. The van der Waals surface area contributed by atoms with Gasteiger partial charge in [0.05, 0.1) is 16.1 Å². The lowest BCUT2D eigenvalue weighted by atomic mass is 10.2. The number of hydrogen-bond acceptors (Lipinski definition) is 4. The third-order valence-corrected chi connectivity index (χ3v) is 6.17. The van der Waals surface area contributed by atoms with E-state index >= 15 is 0 Å². The van der Waals surface area contributed by atoms with Gasteiger partial charge < -0.3 is 5.32 Å². The second-order valence-electron chi connectivity index (χ2n) is 6.62. The molecule has 0 radical (unpaired) electrons. The van der Waals surface area contributed by atoms with E-state index in [0.29, 0.717) is 28.1 Å². The molecule has 1 heterocycles. The van der Waals surface area contributed by atoms with Crippen LogP contribution in [-0.4, -0.2) is 25.9 Å². The highest BCUT2D eigenvalue weighted by atomic mass is 32.2. The van der Waals surface area contributed by atoms with E-state index in [4.69, 9.17) is 0 Å². The van der Waals surface area contributed by atoms with Crippen molar-refractivity contribution in [1.29, 1.82) is 0 Å². The molecule has 0 bridgehead atoms. The van der Waals surface area contributed by atoms with E-state index in [1.54, 1.807) is 12.1 Å². The first-order chi connectivity index (χ1) is 15.1. The van der Waals surface area contributed by atoms with Crippen LogP contribution in [0.3, 0.4) is 0 Å². The van der Waals surface area contributed by atoms with Crippen LogP contribution < -0.4 is 9.62 Å². The van der Waals surface area contributed by atoms with Crippen LogP contribution in [0.5, 0.6) is 0 Å². The van der Waals surface area contributed by atoms with Crippen molar-refractivity contribution < 1.29 is 30.8 Å². The maximum atomic E-state index is 14.5. The van der Waals surface area contributed by atoms with Gasteiger partial charge in [0.25, 0.3) is 10.0 Å². The molecule has 168 valence electrons. The van der Waals surface area contributed by atoms with Crippen molar-refractivity contribution in [2.45, 2.75) is 17.6 Å². The number of rotatable bonds is 7. The second-order valence-corrected chi connectivity index (χ2v) is 8.48. The molecule has 6 nitrogen and oxygen atoms in total. The summed E-state index contributed by atoms with van der Waals surface area (Å²) in [6.07, 6.45) is -1.86. The molecule has 0 saturated heterocycles. The summed E-state index contributed by atoms with van der Waals surface area (Å²) in [6, 6.07) is 11.3. The monoisotopic (exact) mass is 467 g/mol. The van der Waals surface area contributed by atoms with Crippen LogP contribution in [0.15, 0.2) is 78.0 Å². The number of sulfonamides is 1. The number of nitrogens with zero attached hydrogens (tertiary/aromatic N) is 2. The van der Waals surface area contributed by atoms with Crippen LogP contribution in [0.1, 0.15) is 11.1 Å². The van der Waals surface area contributed by atoms with Gasteiger partial charge in [-0.1, -0.05) is 18.2 Å². The molecule has 2 aromatic carbocycles. The SMILES string of the molecule is O=C(CN(c1cc(C(F)(F)F)ccc1F)S(=O)(=O)c1ccccc1)NCc1ccncc1. The molecule has 0 fully saturated rings. The maximum Gasteiger partial charge on any atom is 0.416 e. The number of halogens is 4. The predicted octanol–water partition coefficient (Wildman–Crippen LogP) is 3.75. The number of carbonyl (C=O) groups is 1. The van der Waals surface area contributed by atoms with Crippen molar-refractivity contribution in [3.8, 4) is 0 Å². The van der Waals surface area contributed by atoms with Crippen molar-refractivity contribution in [3.05, 3.63) is 90.0 Å². The number of carbonyl (C=O) groups excluding carboxylic acids is 1. The molecule has 0 atom stereocenters. The lowest BCUT2D eigenvalue weighted by Gasteiger charge is -2.25. The number of hydrogen-bond donors (Lipinski definition) is 1. The normalized spacial score (nSPS) is 11.8.